The van der Waals surface area contributed by atoms with Crippen LogP contribution in [0.4, 0.5) is 4.39 Å². The lowest BCUT2D eigenvalue weighted by Crippen LogP contribution is -2.13. The molecule has 0 saturated carbocycles. The summed E-state index contributed by atoms with van der Waals surface area (Å²) in [4.78, 5) is 0. The van der Waals surface area contributed by atoms with Gasteiger partial charge >= 0.3 is 0 Å². The van der Waals surface area contributed by atoms with E-state index in [4.69, 9.17) is 4.74 Å². The van der Waals surface area contributed by atoms with E-state index >= 15 is 0 Å². The van der Waals surface area contributed by atoms with Crippen LogP contribution in [0, 0.1) is 5.82 Å². The Labute approximate surface area is 120 Å². The summed E-state index contributed by atoms with van der Waals surface area (Å²) >= 11 is 3.14. The Morgan fingerprint density at radius 3 is 2.68 bits per heavy atom. The molecule has 0 unspecified atom stereocenters. The third kappa shape index (κ3) is 3.78. The van der Waals surface area contributed by atoms with E-state index in [1.54, 1.807) is 13.2 Å². The van der Waals surface area contributed by atoms with Crippen LogP contribution in [0.5, 0.6) is 5.75 Å². The SMILES string of the molecule is COc1ccccc1CNCc1ccc(Br)c(F)c1. The fraction of sp³-hybridized carbons (Fsp3) is 0.200. The third-order valence-electron chi connectivity index (χ3n) is 2.82. The fourth-order valence-electron chi connectivity index (χ4n) is 1.84. The molecule has 1 N–H and O–H groups in total. The molecule has 2 aromatic rings. The van der Waals surface area contributed by atoms with Crippen molar-refractivity contribution in [2.24, 2.45) is 0 Å². The Kier molecular flexibility index (Phi) is 4.93. The summed E-state index contributed by atoms with van der Waals surface area (Å²) in [6, 6.07) is 13.0. The largest absolute Gasteiger partial charge is 0.496 e. The van der Waals surface area contributed by atoms with Crippen molar-refractivity contribution in [3.8, 4) is 5.75 Å². The van der Waals surface area contributed by atoms with Crippen LogP contribution in [0.25, 0.3) is 0 Å². The molecule has 0 radical (unpaired) electrons. The predicted molar refractivity (Wildman–Crippen MR) is 77.6 cm³/mol. The average molecular weight is 324 g/mol. The number of ether oxygens (including phenoxy) is 1. The van der Waals surface area contributed by atoms with Crippen LogP contribution >= 0.6 is 15.9 Å². The second kappa shape index (κ2) is 6.68. The number of hydrogen-bond donors (Lipinski definition) is 1. The zero-order valence-corrected chi connectivity index (χ0v) is 12.2. The standard InChI is InChI=1S/C15H15BrFNO/c1-19-15-5-3-2-4-12(15)10-18-9-11-6-7-13(16)14(17)8-11/h2-8,18H,9-10H2,1H3. The van der Waals surface area contributed by atoms with Gasteiger partial charge in [0.2, 0.25) is 0 Å². The number of methoxy groups -OCH3 is 1. The van der Waals surface area contributed by atoms with Crippen molar-refractivity contribution in [2.75, 3.05) is 7.11 Å². The van der Waals surface area contributed by atoms with Crippen molar-refractivity contribution in [1.29, 1.82) is 0 Å². The first kappa shape index (κ1) is 14.0. The lowest BCUT2D eigenvalue weighted by Gasteiger charge is -2.09. The molecule has 19 heavy (non-hydrogen) atoms. The summed E-state index contributed by atoms with van der Waals surface area (Å²) in [7, 11) is 1.66. The summed E-state index contributed by atoms with van der Waals surface area (Å²) in [5.74, 6) is 0.619. The molecule has 4 heteroatoms. The van der Waals surface area contributed by atoms with Gasteiger partial charge in [-0.1, -0.05) is 24.3 Å². The van der Waals surface area contributed by atoms with Crippen LogP contribution in [-0.4, -0.2) is 7.11 Å². The van der Waals surface area contributed by atoms with Crippen LogP contribution < -0.4 is 10.1 Å². The summed E-state index contributed by atoms with van der Waals surface area (Å²) in [6.07, 6.45) is 0. The Morgan fingerprint density at radius 1 is 1.16 bits per heavy atom. The highest BCUT2D eigenvalue weighted by atomic mass is 79.9. The fourth-order valence-corrected chi connectivity index (χ4v) is 2.09. The van der Waals surface area contributed by atoms with Crippen LogP contribution in [0.1, 0.15) is 11.1 Å². The molecule has 2 aromatic carbocycles. The van der Waals surface area contributed by atoms with Gasteiger partial charge in [-0.25, -0.2) is 4.39 Å². The van der Waals surface area contributed by atoms with Gasteiger partial charge in [-0.15, -0.1) is 0 Å². The maximum Gasteiger partial charge on any atom is 0.137 e. The number of rotatable bonds is 5. The van der Waals surface area contributed by atoms with Crippen molar-refractivity contribution >= 4 is 15.9 Å². The first-order valence-electron chi connectivity index (χ1n) is 5.97. The van der Waals surface area contributed by atoms with Gasteiger partial charge < -0.3 is 10.1 Å². The van der Waals surface area contributed by atoms with E-state index in [9.17, 15) is 4.39 Å². The van der Waals surface area contributed by atoms with Crippen molar-refractivity contribution in [1.82, 2.24) is 5.32 Å². The monoisotopic (exact) mass is 323 g/mol. The minimum absolute atomic E-state index is 0.239. The topological polar surface area (TPSA) is 21.3 Å². The van der Waals surface area contributed by atoms with Gasteiger partial charge in [0.05, 0.1) is 11.6 Å². The molecule has 0 amide bonds. The van der Waals surface area contributed by atoms with Gasteiger partial charge in [0, 0.05) is 18.7 Å². The van der Waals surface area contributed by atoms with Crippen molar-refractivity contribution < 1.29 is 9.13 Å². The highest BCUT2D eigenvalue weighted by molar-refractivity contribution is 9.10. The van der Waals surface area contributed by atoms with Crippen LogP contribution in [0.3, 0.4) is 0 Å². The summed E-state index contributed by atoms with van der Waals surface area (Å²) in [6.45, 7) is 1.30. The number of nitrogens with one attached hydrogen (secondary N) is 1. The maximum atomic E-state index is 13.4. The lowest BCUT2D eigenvalue weighted by atomic mass is 10.2. The highest BCUT2D eigenvalue weighted by Gasteiger charge is 2.03. The van der Waals surface area contributed by atoms with E-state index < -0.39 is 0 Å². The maximum absolute atomic E-state index is 13.4. The molecule has 0 bridgehead atoms. The van der Waals surface area contributed by atoms with Gasteiger partial charge in [-0.3, -0.25) is 0 Å². The van der Waals surface area contributed by atoms with E-state index in [1.165, 1.54) is 6.07 Å². The zero-order valence-electron chi connectivity index (χ0n) is 10.6. The highest BCUT2D eigenvalue weighted by Crippen LogP contribution is 2.18. The molecule has 0 atom stereocenters. The molecule has 2 rings (SSSR count). The molecule has 0 spiro atoms. The summed E-state index contributed by atoms with van der Waals surface area (Å²) in [5, 5.41) is 3.28. The first-order chi connectivity index (χ1) is 9.20. The molecular weight excluding hydrogens is 309 g/mol. The molecule has 0 saturated heterocycles. The smallest absolute Gasteiger partial charge is 0.137 e. The van der Waals surface area contributed by atoms with Crippen molar-refractivity contribution in [3.63, 3.8) is 0 Å². The van der Waals surface area contributed by atoms with Crippen molar-refractivity contribution in [2.45, 2.75) is 13.1 Å². The number of benzene rings is 2. The zero-order chi connectivity index (χ0) is 13.7. The first-order valence-corrected chi connectivity index (χ1v) is 6.76. The van der Waals surface area contributed by atoms with Gasteiger partial charge in [0.15, 0.2) is 0 Å². The quantitative estimate of drug-likeness (QED) is 0.901. The summed E-state index contributed by atoms with van der Waals surface area (Å²) in [5.41, 5.74) is 2.00. The minimum Gasteiger partial charge on any atom is -0.496 e. The summed E-state index contributed by atoms with van der Waals surface area (Å²) < 4.78 is 19.1. The van der Waals surface area contributed by atoms with Gasteiger partial charge in [-0.2, -0.15) is 0 Å². The normalized spacial score (nSPS) is 10.5. The van der Waals surface area contributed by atoms with Gasteiger partial charge in [0.1, 0.15) is 11.6 Å². The van der Waals surface area contributed by atoms with E-state index in [-0.39, 0.29) is 5.82 Å². The molecule has 0 aliphatic rings. The third-order valence-corrected chi connectivity index (χ3v) is 3.46. The molecule has 0 aliphatic heterocycles. The average Bonchev–Trinajstić information content (AvgIpc) is 2.43. The second-order valence-corrected chi connectivity index (χ2v) is 5.02. The Hall–Kier alpha value is -1.39. The molecule has 2 nitrogen and oxygen atoms in total. The van der Waals surface area contributed by atoms with E-state index in [0.29, 0.717) is 17.6 Å². The van der Waals surface area contributed by atoms with E-state index in [2.05, 4.69) is 21.2 Å². The molecule has 0 aliphatic carbocycles. The molecule has 0 heterocycles. The van der Waals surface area contributed by atoms with Crippen LogP contribution in [0.15, 0.2) is 46.9 Å². The Balaban J connectivity index is 1.94. The van der Waals surface area contributed by atoms with E-state index in [0.717, 1.165) is 16.9 Å². The Morgan fingerprint density at radius 2 is 1.95 bits per heavy atom. The van der Waals surface area contributed by atoms with Crippen LogP contribution in [0.2, 0.25) is 0 Å². The van der Waals surface area contributed by atoms with E-state index in [1.807, 2.05) is 30.3 Å². The minimum atomic E-state index is -0.239. The van der Waals surface area contributed by atoms with Crippen LogP contribution in [-0.2, 0) is 13.1 Å². The molecule has 0 fully saturated rings. The molecule has 0 aromatic heterocycles. The molecule has 100 valence electrons. The lowest BCUT2D eigenvalue weighted by molar-refractivity contribution is 0.407. The van der Waals surface area contributed by atoms with Gasteiger partial charge in [0.25, 0.3) is 0 Å². The number of halogens is 2. The number of para-hydroxylation sites is 1. The van der Waals surface area contributed by atoms with Crippen molar-refractivity contribution in [3.05, 3.63) is 63.9 Å². The second-order valence-electron chi connectivity index (χ2n) is 4.16. The predicted octanol–water partition coefficient (Wildman–Crippen LogP) is 3.89. The number of hydrogen-bond acceptors (Lipinski definition) is 2. The van der Waals surface area contributed by atoms with Gasteiger partial charge in [-0.05, 0) is 39.7 Å². The molecular formula is C15H15BrFNO. The Bertz CT molecular complexity index is 560.